The molecule has 3 aromatic rings. The Labute approximate surface area is 354 Å². The number of hydrogen-bond donors (Lipinski definition) is 3. The van der Waals surface area contributed by atoms with E-state index >= 15 is 0 Å². The van der Waals surface area contributed by atoms with E-state index in [9.17, 15) is 24.0 Å². The molecule has 2 amide bonds. The molecule has 1 atom stereocenters. The Morgan fingerprint density at radius 1 is 0.934 bits per heavy atom. The SMILES string of the molecule is CCc1c2c(nc3ccc(OC(=O)N4CCC(N5CCCCC5)CC4)cc13)-c1cc3c(c(=O)n1C2)COC(=O)[C@@]3(CC)OC(=O)CNNC(=O)COCCOCCOCCN. The Morgan fingerprint density at radius 3 is 2.39 bits per heavy atom. The van der Waals surface area contributed by atoms with Crippen molar-refractivity contribution in [3.8, 4) is 17.1 Å². The van der Waals surface area contributed by atoms with Crippen molar-refractivity contribution in [2.24, 2.45) is 5.73 Å². The first-order valence-corrected chi connectivity index (χ1v) is 21.4. The van der Waals surface area contributed by atoms with Crippen LogP contribution in [-0.2, 0) is 63.2 Å². The fourth-order valence-electron chi connectivity index (χ4n) is 8.80. The fourth-order valence-corrected chi connectivity index (χ4v) is 8.80. The summed E-state index contributed by atoms with van der Waals surface area (Å²) in [6.07, 6.45) is 5.88. The molecular formula is C43H57N7O11. The summed E-state index contributed by atoms with van der Waals surface area (Å²) in [5.41, 5.74) is 11.9. The lowest BCUT2D eigenvalue weighted by Gasteiger charge is -2.39. The maximum absolute atomic E-state index is 14.2. The molecule has 61 heavy (non-hydrogen) atoms. The normalized spacial score (nSPS) is 18.9. The topological polar surface area (TPSA) is 215 Å². The van der Waals surface area contributed by atoms with E-state index in [1.807, 2.05) is 19.1 Å². The van der Waals surface area contributed by atoms with Gasteiger partial charge in [0.25, 0.3) is 11.5 Å². The van der Waals surface area contributed by atoms with Crippen LogP contribution in [0.3, 0.4) is 0 Å². The van der Waals surface area contributed by atoms with Gasteiger partial charge in [0, 0.05) is 42.2 Å². The highest BCUT2D eigenvalue weighted by Crippen LogP contribution is 2.42. The second-order valence-corrected chi connectivity index (χ2v) is 15.6. The van der Waals surface area contributed by atoms with Crippen LogP contribution >= 0.6 is 0 Å². The largest absolute Gasteiger partial charge is 0.457 e. The minimum Gasteiger partial charge on any atom is -0.457 e. The van der Waals surface area contributed by atoms with Crippen LogP contribution < -0.4 is 26.9 Å². The summed E-state index contributed by atoms with van der Waals surface area (Å²) >= 11 is 0. The number of aromatic nitrogens is 2. The maximum atomic E-state index is 14.2. The van der Waals surface area contributed by atoms with Crippen molar-refractivity contribution in [1.82, 2.24) is 30.2 Å². The number of amides is 2. The zero-order chi connectivity index (χ0) is 42.9. The number of cyclic esters (lactones) is 1. The predicted octanol–water partition coefficient (Wildman–Crippen LogP) is 2.27. The van der Waals surface area contributed by atoms with E-state index in [1.54, 1.807) is 28.5 Å². The van der Waals surface area contributed by atoms with Gasteiger partial charge in [0.1, 0.15) is 25.5 Å². The number of likely N-dealkylation sites (tertiary alicyclic amines) is 2. The predicted molar refractivity (Wildman–Crippen MR) is 221 cm³/mol. The second kappa shape index (κ2) is 20.3. The Morgan fingerprint density at radius 2 is 1.67 bits per heavy atom. The number of aryl methyl sites for hydroxylation is 1. The molecule has 7 rings (SSSR count). The Hall–Kier alpha value is -4.98. The van der Waals surface area contributed by atoms with Gasteiger partial charge < -0.3 is 48.5 Å². The van der Waals surface area contributed by atoms with Crippen molar-refractivity contribution >= 4 is 34.8 Å². The van der Waals surface area contributed by atoms with Gasteiger partial charge in [0.05, 0.1) is 62.0 Å². The van der Waals surface area contributed by atoms with E-state index in [4.69, 9.17) is 39.1 Å². The molecule has 0 aliphatic carbocycles. The summed E-state index contributed by atoms with van der Waals surface area (Å²) in [7, 11) is 0. The van der Waals surface area contributed by atoms with Crippen molar-refractivity contribution < 1.29 is 47.6 Å². The Bertz CT molecular complexity index is 2150. The molecule has 4 N–H and O–H groups in total. The quantitative estimate of drug-likeness (QED) is 0.0744. The lowest BCUT2D eigenvalue weighted by molar-refractivity contribution is -0.189. The number of benzene rings is 1. The van der Waals surface area contributed by atoms with E-state index in [1.165, 1.54) is 19.3 Å². The van der Waals surface area contributed by atoms with Crippen molar-refractivity contribution in [3.63, 3.8) is 0 Å². The molecule has 2 saturated heterocycles. The van der Waals surface area contributed by atoms with Crippen molar-refractivity contribution in [2.75, 3.05) is 78.9 Å². The first kappa shape index (κ1) is 44.1. The van der Waals surface area contributed by atoms with Crippen LogP contribution in [0.15, 0.2) is 29.1 Å². The smallest absolute Gasteiger partial charge is 0.415 e. The third kappa shape index (κ3) is 9.74. The van der Waals surface area contributed by atoms with Gasteiger partial charge in [-0.2, -0.15) is 0 Å². The van der Waals surface area contributed by atoms with Crippen molar-refractivity contribution in [1.29, 1.82) is 0 Å². The van der Waals surface area contributed by atoms with E-state index in [0.717, 1.165) is 42.4 Å². The van der Waals surface area contributed by atoms with Crippen LogP contribution in [0.1, 0.15) is 74.6 Å². The molecule has 1 aromatic carbocycles. The molecule has 330 valence electrons. The number of hydrogen-bond acceptors (Lipinski definition) is 15. The summed E-state index contributed by atoms with van der Waals surface area (Å²) in [4.78, 5) is 75.8. The number of carbonyl (C=O) groups is 4. The molecule has 4 aliphatic rings. The first-order chi connectivity index (χ1) is 29.7. The van der Waals surface area contributed by atoms with Crippen LogP contribution in [-0.4, -0.2) is 128 Å². The molecule has 18 nitrogen and oxygen atoms in total. The molecular weight excluding hydrogens is 791 g/mol. The molecule has 18 heteroatoms. The molecule has 0 spiro atoms. The van der Waals surface area contributed by atoms with Gasteiger partial charge in [-0.1, -0.05) is 20.3 Å². The van der Waals surface area contributed by atoms with Crippen molar-refractivity contribution in [2.45, 2.75) is 83.6 Å². The van der Waals surface area contributed by atoms with E-state index in [0.29, 0.717) is 74.6 Å². The van der Waals surface area contributed by atoms with Gasteiger partial charge in [0.15, 0.2) is 0 Å². The average Bonchev–Trinajstić information content (AvgIpc) is 3.64. The maximum Gasteiger partial charge on any atom is 0.415 e. The fraction of sp³-hybridized carbons (Fsp3) is 0.581. The molecule has 4 aliphatic heterocycles. The lowest BCUT2D eigenvalue weighted by Crippen LogP contribution is -2.50. The number of esters is 2. The monoisotopic (exact) mass is 847 g/mol. The van der Waals surface area contributed by atoms with Crippen LogP contribution in [0, 0.1) is 0 Å². The van der Waals surface area contributed by atoms with Gasteiger partial charge in [-0.3, -0.25) is 19.8 Å². The van der Waals surface area contributed by atoms with Crippen molar-refractivity contribution in [3.05, 3.63) is 56.9 Å². The number of ether oxygens (including phenoxy) is 6. The number of fused-ring (bicyclic) bond motifs is 5. The summed E-state index contributed by atoms with van der Waals surface area (Å²) < 4.78 is 34.7. The molecule has 0 bridgehead atoms. The lowest BCUT2D eigenvalue weighted by atomic mass is 9.85. The number of nitrogens with one attached hydrogen (secondary N) is 2. The van der Waals surface area contributed by atoms with Gasteiger partial charge in [0.2, 0.25) is 5.60 Å². The first-order valence-electron chi connectivity index (χ1n) is 21.4. The number of nitrogens with two attached hydrogens (primary N) is 1. The minimum absolute atomic E-state index is 0.0228. The molecule has 0 radical (unpaired) electrons. The number of nitrogens with zero attached hydrogens (tertiary/aromatic N) is 4. The highest BCUT2D eigenvalue weighted by atomic mass is 16.6. The summed E-state index contributed by atoms with van der Waals surface area (Å²) in [5.74, 6) is -1.80. The zero-order valence-corrected chi connectivity index (χ0v) is 35.1. The number of rotatable bonds is 18. The van der Waals surface area contributed by atoms with Gasteiger partial charge >= 0.3 is 18.0 Å². The van der Waals surface area contributed by atoms with Crippen LogP contribution in [0.25, 0.3) is 22.3 Å². The van der Waals surface area contributed by atoms with Gasteiger partial charge in [-0.15, -0.1) is 0 Å². The van der Waals surface area contributed by atoms with Crippen LogP contribution in [0.4, 0.5) is 4.79 Å². The van der Waals surface area contributed by atoms with E-state index in [-0.39, 0.29) is 62.2 Å². The third-order valence-corrected chi connectivity index (χ3v) is 11.9. The van der Waals surface area contributed by atoms with Gasteiger partial charge in [-0.05, 0) is 81.4 Å². The minimum atomic E-state index is -1.92. The summed E-state index contributed by atoms with van der Waals surface area (Å²) in [5, 5.41) is 0.816. The van der Waals surface area contributed by atoms with Gasteiger partial charge in [-0.25, -0.2) is 20.0 Å². The van der Waals surface area contributed by atoms with E-state index in [2.05, 4.69) is 15.8 Å². The number of piperidine rings is 2. The van der Waals surface area contributed by atoms with Crippen LogP contribution in [0.5, 0.6) is 5.75 Å². The average molecular weight is 848 g/mol. The van der Waals surface area contributed by atoms with Crippen LogP contribution in [0.2, 0.25) is 0 Å². The highest BCUT2D eigenvalue weighted by Gasteiger charge is 2.50. The zero-order valence-electron chi connectivity index (χ0n) is 35.1. The number of carbonyl (C=O) groups excluding carboxylic acids is 4. The molecule has 2 fully saturated rings. The summed E-state index contributed by atoms with van der Waals surface area (Å²) in [6, 6.07) is 7.60. The summed E-state index contributed by atoms with van der Waals surface area (Å²) in [6.45, 7) is 8.54. The molecule has 2 aromatic heterocycles. The Balaban J connectivity index is 1.01. The molecule has 6 heterocycles. The van der Waals surface area contributed by atoms with E-state index < -0.39 is 30.0 Å². The third-order valence-electron chi connectivity index (χ3n) is 11.9. The highest BCUT2D eigenvalue weighted by molar-refractivity contribution is 5.91. The second-order valence-electron chi connectivity index (χ2n) is 15.6. The molecule has 0 saturated carbocycles. The molecule has 0 unspecified atom stereocenters. The number of pyridine rings is 2. The standard InChI is InChI=1S/C43H57N7O11/c1-3-30-31-22-29(60-42(55)49-15-10-28(11-16-49)48-13-6-5-7-14-48)8-9-35(31)46-39-32(30)25-50-36(39)23-34-33(40(50)53)26-59-41(54)43(34,4-2)61-38(52)24-45-47-37(51)27-58-21-20-57-19-18-56-17-12-44/h8-9,22-23,28,45H,3-7,10-21,24-27,44H2,1-2H3,(H,47,51)/t43-/m0/s1. The Kier molecular flexibility index (Phi) is 14.6. The number of hydrazine groups is 1.